The topological polar surface area (TPSA) is 50.8 Å². The van der Waals surface area contributed by atoms with E-state index in [4.69, 9.17) is 9.47 Å². The van der Waals surface area contributed by atoms with E-state index in [0.29, 0.717) is 22.7 Å². The molecule has 0 spiro atoms. The maximum absolute atomic E-state index is 14.6. The second-order valence-electron chi connectivity index (χ2n) is 6.33. The summed E-state index contributed by atoms with van der Waals surface area (Å²) in [6.45, 7) is 0. The number of nitrogens with one attached hydrogen (secondary N) is 1. The Morgan fingerprint density at radius 2 is 1.64 bits per heavy atom. The lowest BCUT2D eigenvalue weighted by atomic mass is 9.99. The molecule has 5 nitrogen and oxygen atoms in total. The van der Waals surface area contributed by atoms with Gasteiger partial charge in [-0.25, -0.2) is 4.39 Å². The number of nitrogens with zero attached hydrogens (tertiary/aromatic N) is 1. The van der Waals surface area contributed by atoms with E-state index in [1.54, 1.807) is 49.6 Å². The number of carbonyl (C=O) groups is 1. The van der Waals surface area contributed by atoms with Gasteiger partial charge >= 0.3 is 0 Å². The van der Waals surface area contributed by atoms with E-state index in [9.17, 15) is 9.18 Å². The average molecular weight is 378 g/mol. The molecule has 0 saturated carbocycles. The summed E-state index contributed by atoms with van der Waals surface area (Å²) in [5.74, 6) is 0.369. The Kier molecular flexibility index (Phi) is 4.61. The molecular formula is C22H19FN2O3. The van der Waals surface area contributed by atoms with Gasteiger partial charge in [-0.15, -0.1) is 0 Å². The third-order valence-electron chi connectivity index (χ3n) is 4.76. The van der Waals surface area contributed by atoms with Crippen LogP contribution in [0.5, 0.6) is 11.5 Å². The number of hydrogen-bond donors (Lipinski definition) is 1. The molecule has 0 bridgehead atoms. The molecule has 6 heteroatoms. The second-order valence-corrected chi connectivity index (χ2v) is 6.33. The van der Waals surface area contributed by atoms with Crippen LogP contribution in [0.3, 0.4) is 0 Å². The first kappa shape index (κ1) is 17.9. The minimum Gasteiger partial charge on any atom is -0.497 e. The monoisotopic (exact) mass is 378 g/mol. The molecule has 0 aliphatic carbocycles. The summed E-state index contributed by atoms with van der Waals surface area (Å²) in [6, 6.07) is 18.1. The van der Waals surface area contributed by atoms with Crippen LogP contribution in [-0.2, 0) is 4.79 Å². The quantitative estimate of drug-likeness (QED) is 0.717. The van der Waals surface area contributed by atoms with E-state index < -0.39 is 11.9 Å². The molecule has 0 aromatic heterocycles. The number of methoxy groups -OCH3 is 2. The molecule has 1 N–H and O–H groups in total. The van der Waals surface area contributed by atoms with Crippen LogP contribution >= 0.6 is 0 Å². The van der Waals surface area contributed by atoms with Gasteiger partial charge in [-0.05, 0) is 36.4 Å². The van der Waals surface area contributed by atoms with Crippen molar-refractivity contribution in [2.75, 3.05) is 24.4 Å². The lowest BCUT2D eigenvalue weighted by Gasteiger charge is -2.36. The van der Waals surface area contributed by atoms with Gasteiger partial charge in [-0.1, -0.05) is 24.3 Å². The number of carbonyl (C=O) groups excluding carboxylic acids is 1. The van der Waals surface area contributed by atoms with Crippen molar-refractivity contribution in [3.63, 3.8) is 0 Å². The van der Waals surface area contributed by atoms with Crippen LogP contribution in [0.1, 0.15) is 11.6 Å². The van der Waals surface area contributed by atoms with Crippen LogP contribution in [0.25, 0.3) is 0 Å². The lowest BCUT2D eigenvalue weighted by molar-refractivity contribution is -0.119. The number of benzene rings is 3. The van der Waals surface area contributed by atoms with Crippen molar-refractivity contribution in [2.24, 2.45) is 0 Å². The van der Waals surface area contributed by atoms with E-state index in [2.05, 4.69) is 5.32 Å². The second kappa shape index (κ2) is 7.23. The number of ether oxygens (including phenoxy) is 2. The van der Waals surface area contributed by atoms with Crippen molar-refractivity contribution in [3.8, 4) is 11.5 Å². The van der Waals surface area contributed by atoms with Gasteiger partial charge in [0, 0.05) is 11.6 Å². The van der Waals surface area contributed by atoms with E-state index in [1.165, 1.54) is 18.1 Å². The van der Waals surface area contributed by atoms with E-state index in [-0.39, 0.29) is 11.6 Å². The van der Waals surface area contributed by atoms with Crippen LogP contribution in [0.4, 0.5) is 21.5 Å². The molecule has 1 heterocycles. The molecule has 0 fully saturated rings. The summed E-state index contributed by atoms with van der Waals surface area (Å²) in [7, 11) is 3.10. The van der Waals surface area contributed by atoms with E-state index >= 15 is 0 Å². The third kappa shape index (κ3) is 2.93. The molecule has 28 heavy (non-hydrogen) atoms. The maximum atomic E-state index is 14.6. The van der Waals surface area contributed by atoms with Crippen LogP contribution in [-0.4, -0.2) is 20.1 Å². The predicted molar refractivity (Wildman–Crippen MR) is 106 cm³/mol. The van der Waals surface area contributed by atoms with E-state index in [1.807, 2.05) is 18.2 Å². The molecule has 3 aromatic carbocycles. The third-order valence-corrected chi connectivity index (χ3v) is 4.76. The standard InChI is InChI=1S/C22H19FN2O3/c1-27-14-11-12-15(20(13-14)28-2)21-22(26)25(18-9-5-3-7-16(18)23)19-10-6-4-8-17(19)24-21/h3-13,21,24H,1-2H3. The fraction of sp³-hybridized carbons (Fsp3) is 0.136. The molecule has 1 atom stereocenters. The molecule has 4 rings (SSSR count). The molecule has 1 unspecified atom stereocenters. The molecule has 3 aromatic rings. The summed E-state index contributed by atoms with van der Waals surface area (Å²) in [5.41, 5.74) is 2.18. The fourth-order valence-electron chi connectivity index (χ4n) is 3.40. The number of hydrogen-bond acceptors (Lipinski definition) is 4. The Bertz CT molecular complexity index is 1040. The Morgan fingerprint density at radius 3 is 2.36 bits per heavy atom. The first-order valence-corrected chi connectivity index (χ1v) is 8.80. The van der Waals surface area contributed by atoms with Crippen molar-refractivity contribution in [1.82, 2.24) is 0 Å². The molecule has 0 saturated heterocycles. The Hall–Kier alpha value is -3.54. The molecule has 1 amide bonds. The van der Waals surface area contributed by atoms with Crippen molar-refractivity contribution < 1.29 is 18.7 Å². The summed E-state index contributed by atoms with van der Waals surface area (Å²) in [6.07, 6.45) is 0. The molecule has 0 radical (unpaired) electrons. The van der Waals surface area contributed by atoms with Gasteiger partial charge in [0.15, 0.2) is 0 Å². The zero-order chi connectivity index (χ0) is 19.7. The normalized spacial score (nSPS) is 15.6. The number of halogens is 1. The van der Waals surface area contributed by atoms with Crippen LogP contribution in [0, 0.1) is 5.82 Å². The number of rotatable bonds is 4. The number of para-hydroxylation sites is 3. The maximum Gasteiger partial charge on any atom is 0.258 e. The van der Waals surface area contributed by atoms with Gasteiger partial charge in [0.05, 0.1) is 31.3 Å². The van der Waals surface area contributed by atoms with Crippen molar-refractivity contribution in [1.29, 1.82) is 0 Å². The Balaban J connectivity index is 1.86. The highest BCUT2D eigenvalue weighted by Gasteiger charge is 2.36. The van der Waals surface area contributed by atoms with Gasteiger partial charge in [0.2, 0.25) is 0 Å². The largest absolute Gasteiger partial charge is 0.497 e. The zero-order valence-electron chi connectivity index (χ0n) is 15.5. The van der Waals surface area contributed by atoms with Crippen LogP contribution in [0.15, 0.2) is 66.7 Å². The Morgan fingerprint density at radius 1 is 0.929 bits per heavy atom. The first-order valence-electron chi connectivity index (χ1n) is 8.80. The molecule has 142 valence electrons. The van der Waals surface area contributed by atoms with Gasteiger partial charge in [0.1, 0.15) is 23.4 Å². The average Bonchev–Trinajstić information content (AvgIpc) is 2.74. The number of amides is 1. The number of anilines is 3. The zero-order valence-corrected chi connectivity index (χ0v) is 15.5. The van der Waals surface area contributed by atoms with Crippen molar-refractivity contribution >= 4 is 23.0 Å². The van der Waals surface area contributed by atoms with E-state index in [0.717, 1.165) is 5.69 Å². The SMILES string of the molecule is COc1ccc(C2Nc3ccccc3N(c3ccccc3F)C2=O)c(OC)c1. The lowest BCUT2D eigenvalue weighted by Crippen LogP contribution is -2.39. The highest BCUT2D eigenvalue weighted by molar-refractivity contribution is 6.10. The summed E-state index contributed by atoms with van der Waals surface area (Å²) in [5, 5.41) is 3.26. The first-order chi connectivity index (χ1) is 13.6. The minimum atomic E-state index is -0.740. The van der Waals surface area contributed by atoms with Gasteiger partial charge in [0.25, 0.3) is 5.91 Å². The highest BCUT2D eigenvalue weighted by Crippen LogP contribution is 2.43. The smallest absolute Gasteiger partial charge is 0.258 e. The molecular weight excluding hydrogens is 359 g/mol. The van der Waals surface area contributed by atoms with Gasteiger partial charge < -0.3 is 14.8 Å². The Labute approximate surface area is 162 Å². The summed E-state index contributed by atoms with van der Waals surface area (Å²) >= 11 is 0. The predicted octanol–water partition coefficient (Wildman–Crippen LogP) is 4.67. The summed E-state index contributed by atoms with van der Waals surface area (Å²) in [4.78, 5) is 14.9. The van der Waals surface area contributed by atoms with Crippen molar-refractivity contribution in [2.45, 2.75) is 6.04 Å². The van der Waals surface area contributed by atoms with Crippen molar-refractivity contribution in [3.05, 3.63) is 78.1 Å². The van der Waals surface area contributed by atoms with Crippen LogP contribution in [0.2, 0.25) is 0 Å². The highest BCUT2D eigenvalue weighted by atomic mass is 19.1. The summed E-state index contributed by atoms with van der Waals surface area (Å²) < 4.78 is 25.3. The fourth-order valence-corrected chi connectivity index (χ4v) is 3.40. The number of fused-ring (bicyclic) bond motifs is 1. The molecule has 1 aliphatic rings. The van der Waals surface area contributed by atoms with Crippen LogP contribution < -0.4 is 19.7 Å². The van der Waals surface area contributed by atoms with Gasteiger partial charge in [-0.2, -0.15) is 0 Å². The van der Waals surface area contributed by atoms with Gasteiger partial charge in [-0.3, -0.25) is 9.69 Å². The minimum absolute atomic E-state index is 0.207. The molecule has 1 aliphatic heterocycles.